The molecule has 7 rings (SSSR count). The minimum absolute atomic E-state index is 0.0121. The van der Waals surface area contributed by atoms with E-state index in [0.717, 1.165) is 23.0 Å². The molecule has 5 aliphatic rings. The van der Waals surface area contributed by atoms with Gasteiger partial charge in [-0.3, -0.25) is 4.79 Å². The van der Waals surface area contributed by atoms with Crippen LogP contribution in [0.3, 0.4) is 0 Å². The summed E-state index contributed by atoms with van der Waals surface area (Å²) in [6.07, 6.45) is 5.34. The topological polar surface area (TPSA) is 73.9 Å². The van der Waals surface area contributed by atoms with Crippen molar-refractivity contribution in [3.63, 3.8) is 0 Å². The summed E-state index contributed by atoms with van der Waals surface area (Å²) in [5.74, 6) is 2.17. The summed E-state index contributed by atoms with van der Waals surface area (Å²) < 4.78 is 17.9. The summed E-state index contributed by atoms with van der Waals surface area (Å²) in [7, 11) is -2.05. The molecule has 0 saturated heterocycles. The fourth-order valence-electron chi connectivity index (χ4n) is 7.78. The van der Waals surface area contributed by atoms with Crippen LogP contribution in [0.15, 0.2) is 48.5 Å². The van der Waals surface area contributed by atoms with Crippen LogP contribution in [0.25, 0.3) is 11.1 Å². The number of fused-ring (bicyclic) bond motifs is 3. The van der Waals surface area contributed by atoms with Crippen LogP contribution in [-0.4, -0.2) is 44.2 Å². The van der Waals surface area contributed by atoms with Crippen molar-refractivity contribution in [1.29, 1.82) is 0 Å². The fraction of sp³-hybridized carbons (Fsp3) is 0.531. The summed E-state index contributed by atoms with van der Waals surface area (Å²) in [5, 5.41) is 3.06. The van der Waals surface area contributed by atoms with Gasteiger partial charge in [0.05, 0.1) is 6.42 Å². The highest BCUT2D eigenvalue weighted by atomic mass is 32.1. The maximum absolute atomic E-state index is 13.2. The van der Waals surface area contributed by atoms with Crippen molar-refractivity contribution < 1.29 is 23.5 Å². The third-order valence-electron chi connectivity index (χ3n) is 9.11. The second-order valence-electron chi connectivity index (χ2n) is 13.1. The fourth-order valence-corrected chi connectivity index (χ4v) is 9.42. The van der Waals surface area contributed by atoms with Gasteiger partial charge in [0.15, 0.2) is 5.05 Å². The van der Waals surface area contributed by atoms with E-state index in [9.17, 15) is 9.59 Å². The van der Waals surface area contributed by atoms with Crippen LogP contribution in [0.2, 0.25) is 19.6 Å². The number of esters is 1. The van der Waals surface area contributed by atoms with Crippen molar-refractivity contribution >= 4 is 37.6 Å². The standard InChI is InChI=1S/C32H39NO5SSi/c1-40(2,3)38-31(39)28(17-29(34)37-30-21-13-19-12-20(15-21)16-22(30)14-19)33-32(35)36-18-27-25-10-6-4-8-23(25)24-9-5-7-11-26(24)27/h4-11,19-22,27-28,30H,12-18H2,1-3H3,(H,33,35). The van der Waals surface area contributed by atoms with Crippen molar-refractivity contribution in [2.75, 3.05) is 6.61 Å². The maximum atomic E-state index is 13.2. The Labute approximate surface area is 243 Å². The number of rotatable bonds is 8. The Hall–Kier alpha value is -2.71. The van der Waals surface area contributed by atoms with Gasteiger partial charge in [0.1, 0.15) is 18.8 Å². The first-order valence-corrected chi connectivity index (χ1v) is 18.5. The number of alkyl carbamates (subject to hydrolysis) is 1. The number of nitrogens with one attached hydrogen (secondary N) is 1. The lowest BCUT2D eigenvalue weighted by Gasteiger charge is -2.53. The number of hydrogen-bond acceptors (Lipinski definition) is 6. The molecule has 0 spiro atoms. The van der Waals surface area contributed by atoms with E-state index in [4.69, 9.17) is 26.1 Å². The van der Waals surface area contributed by atoms with Crippen LogP contribution >= 0.6 is 12.2 Å². The summed E-state index contributed by atoms with van der Waals surface area (Å²) in [6.45, 7) is 6.26. The minimum atomic E-state index is -2.05. The average molecular weight is 578 g/mol. The number of hydrogen-bond donors (Lipinski definition) is 1. The molecule has 0 radical (unpaired) electrons. The van der Waals surface area contributed by atoms with Crippen LogP contribution in [-0.2, 0) is 18.7 Å². The molecule has 1 unspecified atom stereocenters. The van der Waals surface area contributed by atoms with Gasteiger partial charge in [-0.2, -0.15) is 0 Å². The molecular weight excluding hydrogens is 539 g/mol. The zero-order chi connectivity index (χ0) is 28.0. The Morgan fingerprint density at radius 2 is 1.45 bits per heavy atom. The molecule has 212 valence electrons. The molecule has 1 amide bonds. The molecule has 1 N–H and O–H groups in total. The van der Waals surface area contributed by atoms with Crippen molar-refractivity contribution in [1.82, 2.24) is 5.32 Å². The van der Waals surface area contributed by atoms with E-state index >= 15 is 0 Å². The van der Waals surface area contributed by atoms with Crippen molar-refractivity contribution in [3.05, 3.63) is 59.7 Å². The van der Waals surface area contributed by atoms with Crippen LogP contribution in [0, 0.1) is 23.7 Å². The number of thiocarbonyl (C=S) groups is 1. The number of carbonyl (C=O) groups excluding carboxylic acids is 2. The van der Waals surface area contributed by atoms with E-state index in [1.165, 1.54) is 43.2 Å². The third-order valence-corrected chi connectivity index (χ3v) is 10.5. The van der Waals surface area contributed by atoms with E-state index in [2.05, 4.69) is 29.6 Å². The van der Waals surface area contributed by atoms with Gasteiger partial charge >= 0.3 is 12.1 Å². The molecule has 4 saturated carbocycles. The number of ether oxygens (including phenoxy) is 2. The van der Waals surface area contributed by atoms with E-state index in [1.807, 2.05) is 43.9 Å². The predicted molar refractivity (Wildman–Crippen MR) is 161 cm³/mol. The quantitative estimate of drug-likeness (QED) is 0.211. The largest absolute Gasteiger partial charge is 0.538 e. The monoisotopic (exact) mass is 577 g/mol. The smallest absolute Gasteiger partial charge is 0.407 e. The second kappa shape index (κ2) is 10.9. The van der Waals surface area contributed by atoms with E-state index in [1.54, 1.807) is 0 Å². The molecule has 0 aromatic heterocycles. The van der Waals surface area contributed by atoms with Crippen molar-refractivity contribution in [2.24, 2.45) is 23.7 Å². The lowest BCUT2D eigenvalue weighted by molar-refractivity contribution is -0.170. The van der Waals surface area contributed by atoms with Crippen LogP contribution in [0.1, 0.15) is 55.6 Å². The molecule has 8 heteroatoms. The Bertz CT molecular complexity index is 1230. The normalized spacial score (nSPS) is 26.9. The highest BCUT2D eigenvalue weighted by Crippen LogP contribution is 2.54. The first kappa shape index (κ1) is 27.5. The SMILES string of the molecule is C[Si](C)(C)OC(=S)C(CC(=O)OC1C2CC3CC(C2)CC1C3)NC(=O)OCC1c2ccccc2-c2ccccc21. The molecule has 5 aliphatic carbocycles. The highest BCUT2D eigenvalue weighted by molar-refractivity contribution is 7.80. The van der Waals surface area contributed by atoms with E-state index in [0.29, 0.717) is 11.8 Å². The molecule has 2 aromatic rings. The molecule has 0 heterocycles. The first-order chi connectivity index (χ1) is 19.1. The van der Waals surface area contributed by atoms with Crippen molar-refractivity contribution in [3.8, 4) is 11.1 Å². The molecule has 2 aromatic carbocycles. The van der Waals surface area contributed by atoms with Gasteiger partial charge in [0.2, 0.25) is 8.32 Å². The van der Waals surface area contributed by atoms with Gasteiger partial charge in [-0.05, 0) is 110 Å². The third kappa shape index (κ3) is 5.70. The first-order valence-electron chi connectivity index (χ1n) is 14.7. The van der Waals surface area contributed by atoms with Gasteiger partial charge in [0, 0.05) is 5.92 Å². The summed E-state index contributed by atoms with van der Waals surface area (Å²) >= 11 is 5.60. The van der Waals surface area contributed by atoms with Crippen LogP contribution in [0.4, 0.5) is 4.79 Å². The lowest BCUT2D eigenvalue weighted by Crippen LogP contribution is -2.51. The lowest BCUT2D eigenvalue weighted by atomic mass is 9.55. The maximum Gasteiger partial charge on any atom is 0.407 e. The summed E-state index contributed by atoms with van der Waals surface area (Å²) in [6, 6.07) is 15.7. The van der Waals surface area contributed by atoms with Gasteiger partial charge < -0.3 is 19.2 Å². The van der Waals surface area contributed by atoms with Crippen LogP contribution in [0.5, 0.6) is 0 Å². The number of benzene rings is 2. The molecule has 6 nitrogen and oxygen atoms in total. The van der Waals surface area contributed by atoms with Gasteiger partial charge in [-0.25, -0.2) is 4.79 Å². The number of carbonyl (C=O) groups is 2. The molecule has 40 heavy (non-hydrogen) atoms. The van der Waals surface area contributed by atoms with E-state index in [-0.39, 0.29) is 36.1 Å². The van der Waals surface area contributed by atoms with Crippen molar-refractivity contribution in [2.45, 2.75) is 76.2 Å². The summed E-state index contributed by atoms with van der Waals surface area (Å²) in [4.78, 5) is 26.3. The second-order valence-corrected chi connectivity index (χ2v) is 18.0. The predicted octanol–water partition coefficient (Wildman–Crippen LogP) is 6.83. The molecule has 4 fully saturated rings. The zero-order valence-electron chi connectivity index (χ0n) is 23.6. The van der Waals surface area contributed by atoms with Gasteiger partial charge in [-0.15, -0.1) is 0 Å². The number of amides is 1. The average Bonchev–Trinajstić information content (AvgIpc) is 3.21. The Morgan fingerprint density at radius 1 is 0.900 bits per heavy atom. The molecular formula is C32H39NO5SSi. The van der Waals surface area contributed by atoms with Crippen LogP contribution < -0.4 is 5.32 Å². The summed E-state index contributed by atoms with van der Waals surface area (Å²) in [5.41, 5.74) is 4.62. The van der Waals surface area contributed by atoms with E-state index < -0.39 is 20.5 Å². The molecule has 0 aliphatic heterocycles. The molecule has 1 atom stereocenters. The zero-order valence-corrected chi connectivity index (χ0v) is 25.4. The minimum Gasteiger partial charge on any atom is -0.538 e. The van der Waals surface area contributed by atoms with Gasteiger partial charge in [0.25, 0.3) is 0 Å². The molecule has 4 bridgehead atoms. The Balaban J connectivity index is 1.10. The Kier molecular flexibility index (Phi) is 7.50. The highest BCUT2D eigenvalue weighted by Gasteiger charge is 2.50. The Morgan fingerprint density at radius 3 is 2.00 bits per heavy atom. The van der Waals surface area contributed by atoms with Gasteiger partial charge in [-0.1, -0.05) is 48.5 Å².